The molecule has 184 valence electrons. The van der Waals surface area contributed by atoms with Gasteiger partial charge in [-0.25, -0.2) is 24.7 Å². The predicted octanol–water partition coefficient (Wildman–Crippen LogP) is 4.31. The number of hydrogen-bond donors (Lipinski definition) is 2. The molecule has 3 aromatic heterocycles. The first kappa shape index (κ1) is 23.1. The van der Waals surface area contributed by atoms with E-state index in [-0.39, 0.29) is 0 Å². The van der Waals surface area contributed by atoms with Gasteiger partial charge in [-0.1, -0.05) is 12.5 Å². The van der Waals surface area contributed by atoms with Crippen molar-refractivity contribution in [2.45, 2.75) is 71.0 Å². The van der Waals surface area contributed by atoms with Gasteiger partial charge in [0.2, 0.25) is 0 Å². The number of unbranched alkanes of at least 4 members (excludes halogenated alkanes) is 1. The van der Waals surface area contributed by atoms with Crippen LogP contribution >= 0.6 is 0 Å². The Kier molecular flexibility index (Phi) is 6.52. The van der Waals surface area contributed by atoms with Gasteiger partial charge in [-0.05, 0) is 57.2 Å². The van der Waals surface area contributed by atoms with Crippen molar-refractivity contribution in [2.75, 3.05) is 12.3 Å². The van der Waals surface area contributed by atoms with E-state index in [4.69, 9.17) is 15.5 Å². The number of amides is 1. The van der Waals surface area contributed by atoms with Crippen molar-refractivity contribution in [2.24, 2.45) is 0 Å². The number of imidazole rings is 2. The highest BCUT2D eigenvalue weighted by atomic mass is 16.5. The van der Waals surface area contributed by atoms with Crippen LogP contribution in [-0.2, 0) is 17.8 Å². The summed E-state index contributed by atoms with van der Waals surface area (Å²) in [5.74, 6) is 1.69. The van der Waals surface area contributed by atoms with Crippen LogP contribution in [0.25, 0.3) is 22.2 Å². The van der Waals surface area contributed by atoms with Crippen molar-refractivity contribution in [3.8, 4) is 0 Å². The molecule has 1 fully saturated rings. The minimum atomic E-state index is -0.416. The molecule has 0 saturated heterocycles. The summed E-state index contributed by atoms with van der Waals surface area (Å²) in [7, 11) is 0. The number of nitrogens with zero attached hydrogens (tertiary/aromatic N) is 6. The maximum Gasteiger partial charge on any atom is 0.407 e. The molecule has 0 atom stereocenters. The van der Waals surface area contributed by atoms with Crippen LogP contribution in [0.3, 0.4) is 0 Å². The summed E-state index contributed by atoms with van der Waals surface area (Å²) in [6.07, 6.45) is 8.23. The number of nitrogens with two attached hydrogens (primary N) is 1. The maximum absolute atomic E-state index is 12.1. The molecule has 0 aliphatic heterocycles. The summed E-state index contributed by atoms with van der Waals surface area (Å²) in [6.45, 7) is 5.72. The maximum atomic E-state index is 12.1. The van der Waals surface area contributed by atoms with Crippen molar-refractivity contribution >= 4 is 34.1 Å². The average Bonchev–Trinajstić information content (AvgIpc) is 3.40. The number of aryl methyl sites for hydroxylation is 1. The van der Waals surface area contributed by atoms with Crippen LogP contribution in [0.5, 0.6) is 0 Å². The second-order valence-electron chi connectivity index (χ2n) is 9.47. The number of carbonyl (C=O) groups is 1. The summed E-state index contributed by atoms with van der Waals surface area (Å²) in [5.41, 5.74) is 10.6. The van der Waals surface area contributed by atoms with Crippen molar-refractivity contribution in [3.05, 3.63) is 42.2 Å². The molecular formula is C25H32N8O2. The quantitative estimate of drug-likeness (QED) is 0.345. The SMILES string of the molecule is CC(C)n1cnc2ccc(CNC(=O)OCCCCn3cnc4c(N)nc(C5CCC5)nc43)cc21. The van der Waals surface area contributed by atoms with Crippen LogP contribution in [-0.4, -0.2) is 41.8 Å². The number of hydrogen-bond acceptors (Lipinski definition) is 7. The molecule has 4 aromatic rings. The van der Waals surface area contributed by atoms with E-state index in [1.807, 2.05) is 23.0 Å². The topological polar surface area (TPSA) is 126 Å². The summed E-state index contributed by atoms with van der Waals surface area (Å²) < 4.78 is 9.49. The zero-order valence-electron chi connectivity index (χ0n) is 20.3. The third-order valence-corrected chi connectivity index (χ3v) is 6.64. The van der Waals surface area contributed by atoms with E-state index in [1.165, 1.54) is 6.42 Å². The Bertz CT molecular complexity index is 1340. The van der Waals surface area contributed by atoms with Gasteiger partial charge in [0.25, 0.3) is 0 Å². The van der Waals surface area contributed by atoms with Crippen LogP contribution in [0.1, 0.15) is 69.3 Å². The molecule has 3 heterocycles. The lowest BCUT2D eigenvalue weighted by molar-refractivity contribution is 0.143. The highest BCUT2D eigenvalue weighted by Gasteiger charge is 2.24. The fourth-order valence-corrected chi connectivity index (χ4v) is 4.36. The Morgan fingerprint density at radius 1 is 1.20 bits per heavy atom. The highest BCUT2D eigenvalue weighted by molar-refractivity contribution is 5.81. The fourth-order valence-electron chi connectivity index (χ4n) is 4.36. The van der Waals surface area contributed by atoms with Crippen LogP contribution < -0.4 is 11.1 Å². The second kappa shape index (κ2) is 9.89. The molecule has 1 amide bonds. The Hall–Kier alpha value is -3.69. The summed E-state index contributed by atoms with van der Waals surface area (Å²) in [4.78, 5) is 30.1. The number of ether oxygens (including phenoxy) is 1. The number of carbonyl (C=O) groups excluding carboxylic acids is 1. The molecule has 0 unspecified atom stereocenters. The lowest BCUT2D eigenvalue weighted by Crippen LogP contribution is -2.24. The van der Waals surface area contributed by atoms with Gasteiger partial charge in [0.1, 0.15) is 11.3 Å². The zero-order valence-corrected chi connectivity index (χ0v) is 20.3. The van der Waals surface area contributed by atoms with Gasteiger partial charge in [0, 0.05) is 25.0 Å². The number of nitrogens with one attached hydrogen (secondary N) is 1. The van der Waals surface area contributed by atoms with Crippen LogP contribution in [0, 0.1) is 0 Å². The van der Waals surface area contributed by atoms with Crippen molar-refractivity contribution in [1.29, 1.82) is 0 Å². The Balaban J connectivity index is 1.08. The van der Waals surface area contributed by atoms with E-state index in [1.54, 1.807) is 6.33 Å². The van der Waals surface area contributed by atoms with Gasteiger partial charge in [-0.2, -0.15) is 0 Å². The van der Waals surface area contributed by atoms with Crippen LogP contribution in [0.2, 0.25) is 0 Å². The molecule has 5 rings (SSSR count). The smallest absolute Gasteiger partial charge is 0.407 e. The molecule has 1 aromatic carbocycles. The van der Waals surface area contributed by atoms with E-state index in [0.717, 1.165) is 60.3 Å². The van der Waals surface area contributed by atoms with Gasteiger partial charge >= 0.3 is 6.09 Å². The first-order valence-electron chi connectivity index (χ1n) is 12.3. The van der Waals surface area contributed by atoms with E-state index >= 15 is 0 Å². The predicted molar refractivity (Wildman–Crippen MR) is 134 cm³/mol. The molecular weight excluding hydrogens is 444 g/mol. The normalized spacial score (nSPS) is 14.0. The molecule has 10 heteroatoms. The first-order valence-corrected chi connectivity index (χ1v) is 12.3. The summed E-state index contributed by atoms with van der Waals surface area (Å²) in [6, 6.07) is 6.33. The Morgan fingerprint density at radius 3 is 2.83 bits per heavy atom. The van der Waals surface area contributed by atoms with Crippen molar-refractivity contribution in [1.82, 2.24) is 34.4 Å². The molecule has 0 radical (unpaired) electrons. The number of alkyl carbamates (subject to hydrolysis) is 1. The number of nitrogen functional groups attached to an aromatic ring is 1. The number of aromatic nitrogens is 6. The van der Waals surface area contributed by atoms with E-state index in [9.17, 15) is 4.79 Å². The fraction of sp³-hybridized carbons (Fsp3) is 0.480. The Morgan fingerprint density at radius 2 is 2.06 bits per heavy atom. The Labute approximate surface area is 203 Å². The molecule has 1 aliphatic rings. The minimum Gasteiger partial charge on any atom is -0.450 e. The minimum absolute atomic E-state index is 0.322. The highest BCUT2D eigenvalue weighted by Crippen LogP contribution is 2.35. The summed E-state index contributed by atoms with van der Waals surface area (Å²) >= 11 is 0. The van der Waals surface area contributed by atoms with Gasteiger partial charge in [-0.15, -0.1) is 0 Å². The van der Waals surface area contributed by atoms with Crippen molar-refractivity contribution in [3.63, 3.8) is 0 Å². The first-order chi connectivity index (χ1) is 17.0. The molecule has 0 spiro atoms. The number of anilines is 1. The average molecular weight is 477 g/mol. The largest absolute Gasteiger partial charge is 0.450 e. The van der Waals surface area contributed by atoms with E-state index in [0.29, 0.717) is 36.4 Å². The van der Waals surface area contributed by atoms with Crippen molar-refractivity contribution < 1.29 is 9.53 Å². The lowest BCUT2D eigenvalue weighted by Gasteiger charge is -2.23. The molecule has 35 heavy (non-hydrogen) atoms. The standard InChI is InChI=1S/C25H32N8O2/c1-16(2)33-15-28-19-9-8-17(12-20(19)33)13-27-25(34)35-11-4-3-10-32-14-29-21-22(26)30-23(31-24(21)32)18-6-5-7-18/h8-9,12,14-16,18H,3-7,10-11,13H2,1-2H3,(H,27,34)(H2,26,30,31). The van der Waals surface area contributed by atoms with Gasteiger partial charge in [0.05, 0.1) is 30.3 Å². The van der Waals surface area contributed by atoms with E-state index < -0.39 is 6.09 Å². The van der Waals surface area contributed by atoms with Gasteiger partial charge in [0.15, 0.2) is 11.5 Å². The van der Waals surface area contributed by atoms with Crippen LogP contribution in [0.15, 0.2) is 30.9 Å². The number of fused-ring (bicyclic) bond motifs is 2. The molecule has 3 N–H and O–H groups in total. The number of benzene rings is 1. The molecule has 10 nitrogen and oxygen atoms in total. The molecule has 1 saturated carbocycles. The zero-order chi connectivity index (χ0) is 24.4. The lowest BCUT2D eigenvalue weighted by atomic mass is 9.85. The second-order valence-corrected chi connectivity index (χ2v) is 9.47. The molecule has 1 aliphatic carbocycles. The monoisotopic (exact) mass is 476 g/mol. The van der Waals surface area contributed by atoms with Gasteiger partial charge in [-0.3, -0.25) is 0 Å². The summed E-state index contributed by atoms with van der Waals surface area (Å²) in [5, 5.41) is 2.83. The van der Waals surface area contributed by atoms with Gasteiger partial charge < -0.3 is 24.9 Å². The number of rotatable bonds is 9. The third kappa shape index (κ3) is 4.91. The molecule has 0 bridgehead atoms. The third-order valence-electron chi connectivity index (χ3n) is 6.64. The van der Waals surface area contributed by atoms with E-state index in [2.05, 4.69) is 44.7 Å². The van der Waals surface area contributed by atoms with Crippen LogP contribution in [0.4, 0.5) is 10.6 Å².